The molecular formula is C18H25N5O. The van der Waals surface area contributed by atoms with Crippen LogP contribution in [-0.2, 0) is 10.2 Å². The first-order valence-corrected chi connectivity index (χ1v) is 8.48. The number of benzene rings is 1. The quantitative estimate of drug-likeness (QED) is 0.809. The van der Waals surface area contributed by atoms with E-state index in [1.165, 1.54) is 5.56 Å². The SMILES string of the molecule is CC(C)(C)c1ccc(-c2nc(NC(=O)C3CCNCC3)n[nH]2)cc1. The van der Waals surface area contributed by atoms with Crippen LogP contribution in [0.1, 0.15) is 39.2 Å². The second-order valence-electron chi connectivity index (χ2n) is 7.35. The number of H-pyrrole nitrogens is 1. The number of amides is 1. The fourth-order valence-electron chi connectivity index (χ4n) is 2.87. The molecule has 0 radical (unpaired) electrons. The minimum absolute atomic E-state index is 0.00475. The van der Waals surface area contributed by atoms with Gasteiger partial charge in [0.2, 0.25) is 11.9 Å². The molecule has 1 amide bonds. The van der Waals surface area contributed by atoms with Crippen LogP contribution in [0.3, 0.4) is 0 Å². The van der Waals surface area contributed by atoms with E-state index in [9.17, 15) is 4.79 Å². The first-order valence-electron chi connectivity index (χ1n) is 8.48. The minimum Gasteiger partial charge on any atom is -0.317 e. The van der Waals surface area contributed by atoms with E-state index in [1.54, 1.807) is 0 Å². The zero-order chi connectivity index (χ0) is 17.2. The largest absolute Gasteiger partial charge is 0.317 e. The molecule has 2 aromatic rings. The van der Waals surface area contributed by atoms with E-state index in [1.807, 2.05) is 12.1 Å². The second kappa shape index (κ2) is 6.73. The third-order valence-corrected chi connectivity index (χ3v) is 4.45. The highest BCUT2D eigenvalue weighted by molar-refractivity contribution is 5.91. The van der Waals surface area contributed by atoms with Crippen molar-refractivity contribution in [3.8, 4) is 11.4 Å². The molecular weight excluding hydrogens is 302 g/mol. The number of carbonyl (C=O) groups excluding carboxylic acids is 1. The summed E-state index contributed by atoms with van der Waals surface area (Å²) in [5, 5.41) is 13.1. The van der Waals surface area contributed by atoms with Crippen LogP contribution in [0.15, 0.2) is 24.3 Å². The summed E-state index contributed by atoms with van der Waals surface area (Å²) in [7, 11) is 0. The number of carbonyl (C=O) groups is 1. The normalized spacial score (nSPS) is 16.1. The average Bonchev–Trinajstić information content (AvgIpc) is 3.03. The van der Waals surface area contributed by atoms with Gasteiger partial charge in [0.15, 0.2) is 5.82 Å². The van der Waals surface area contributed by atoms with Crippen molar-refractivity contribution in [3.63, 3.8) is 0 Å². The third-order valence-electron chi connectivity index (χ3n) is 4.45. The summed E-state index contributed by atoms with van der Waals surface area (Å²) in [4.78, 5) is 16.6. The smallest absolute Gasteiger partial charge is 0.249 e. The second-order valence-corrected chi connectivity index (χ2v) is 7.35. The Hall–Kier alpha value is -2.21. The van der Waals surface area contributed by atoms with E-state index in [0.29, 0.717) is 11.8 Å². The molecule has 6 nitrogen and oxygen atoms in total. The molecule has 3 rings (SSSR count). The number of piperidine rings is 1. The number of hydrogen-bond acceptors (Lipinski definition) is 4. The summed E-state index contributed by atoms with van der Waals surface area (Å²) < 4.78 is 0. The minimum atomic E-state index is 0.00475. The van der Waals surface area contributed by atoms with Gasteiger partial charge in [-0.2, -0.15) is 4.98 Å². The molecule has 6 heteroatoms. The highest BCUT2D eigenvalue weighted by Crippen LogP contribution is 2.25. The van der Waals surface area contributed by atoms with Gasteiger partial charge in [0, 0.05) is 11.5 Å². The Balaban J connectivity index is 1.67. The van der Waals surface area contributed by atoms with Crippen molar-refractivity contribution >= 4 is 11.9 Å². The number of hydrogen-bond donors (Lipinski definition) is 3. The third kappa shape index (κ3) is 3.82. The van der Waals surface area contributed by atoms with Crippen molar-refractivity contribution in [2.24, 2.45) is 5.92 Å². The van der Waals surface area contributed by atoms with Gasteiger partial charge in [0.25, 0.3) is 0 Å². The number of anilines is 1. The number of aromatic nitrogens is 3. The van der Waals surface area contributed by atoms with Crippen molar-refractivity contribution < 1.29 is 4.79 Å². The monoisotopic (exact) mass is 327 g/mol. The number of nitrogens with one attached hydrogen (secondary N) is 3. The number of rotatable bonds is 3. The van der Waals surface area contributed by atoms with Gasteiger partial charge in [-0.1, -0.05) is 45.0 Å². The summed E-state index contributed by atoms with van der Waals surface area (Å²) in [5.41, 5.74) is 2.34. The summed E-state index contributed by atoms with van der Waals surface area (Å²) in [6.45, 7) is 8.33. The van der Waals surface area contributed by atoms with Crippen molar-refractivity contribution in [2.45, 2.75) is 39.0 Å². The van der Waals surface area contributed by atoms with Crippen LogP contribution in [0.4, 0.5) is 5.95 Å². The van der Waals surface area contributed by atoms with Gasteiger partial charge in [-0.05, 0) is 36.9 Å². The topological polar surface area (TPSA) is 82.7 Å². The molecule has 1 aliphatic rings. The van der Waals surface area contributed by atoms with Crippen molar-refractivity contribution in [2.75, 3.05) is 18.4 Å². The summed E-state index contributed by atoms with van der Waals surface area (Å²) in [5.74, 6) is 1.05. The first-order chi connectivity index (χ1) is 11.4. The predicted molar refractivity (Wildman–Crippen MR) is 94.7 cm³/mol. The Morgan fingerprint density at radius 3 is 2.46 bits per heavy atom. The van der Waals surface area contributed by atoms with Crippen molar-refractivity contribution in [1.29, 1.82) is 0 Å². The lowest BCUT2D eigenvalue weighted by Gasteiger charge is -2.20. The van der Waals surface area contributed by atoms with E-state index in [4.69, 9.17) is 0 Å². The van der Waals surface area contributed by atoms with Crippen LogP contribution >= 0.6 is 0 Å². The Bertz CT molecular complexity index is 693. The first kappa shape index (κ1) is 16.6. The average molecular weight is 327 g/mol. The van der Waals surface area contributed by atoms with Crippen LogP contribution in [-0.4, -0.2) is 34.2 Å². The maximum Gasteiger partial charge on any atom is 0.249 e. The fourth-order valence-corrected chi connectivity index (χ4v) is 2.87. The van der Waals surface area contributed by atoms with E-state index >= 15 is 0 Å². The molecule has 1 aromatic heterocycles. The van der Waals surface area contributed by atoms with Crippen LogP contribution in [0, 0.1) is 5.92 Å². The van der Waals surface area contributed by atoms with E-state index < -0.39 is 0 Å². The lowest BCUT2D eigenvalue weighted by molar-refractivity contribution is -0.120. The molecule has 3 N–H and O–H groups in total. The Morgan fingerprint density at radius 2 is 1.83 bits per heavy atom. The van der Waals surface area contributed by atoms with E-state index in [-0.39, 0.29) is 17.2 Å². The van der Waals surface area contributed by atoms with Crippen LogP contribution in [0.25, 0.3) is 11.4 Å². The standard InChI is InChI=1S/C18H25N5O/c1-18(2,3)14-6-4-12(5-7-14)15-20-17(23-22-15)21-16(24)13-8-10-19-11-9-13/h4-7,13,19H,8-11H2,1-3H3,(H2,20,21,22,23,24). The van der Waals surface area contributed by atoms with Crippen molar-refractivity contribution in [3.05, 3.63) is 29.8 Å². The number of aromatic amines is 1. The molecule has 2 heterocycles. The predicted octanol–water partition coefficient (Wildman–Crippen LogP) is 2.71. The van der Waals surface area contributed by atoms with Gasteiger partial charge in [-0.25, -0.2) is 0 Å². The number of nitrogens with zero attached hydrogens (tertiary/aromatic N) is 2. The van der Waals surface area contributed by atoms with Crippen LogP contribution < -0.4 is 10.6 Å². The van der Waals surface area contributed by atoms with Gasteiger partial charge >= 0.3 is 0 Å². The molecule has 0 unspecified atom stereocenters. The maximum atomic E-state index is 12.2. The molecule has 0 atom stereocenters. The lowest BCUT2D eigenvalue weighted by atomic mass is 9.87. The summed E-state index contributed by atoms with van der Waals surface area (Å²) in [6.07, 6.45) is 1.72. The molecule has 1 aliphatic heterocycles. The lowest BCUT2D eigenvalue weighted by Crippen LogP contribution is -2.34. The molecule has 128 valence electrons. The van der Waals surface area contributed by atoms with E-state index in [0.717, 1.165) is 31.5 Å². The molecule has 0 aliphatic carbocycles. The van der Waals surface area contributed by atoms with Gasteiger partial charge in [-0.15, -0.1) is 5.10 Å². The molecule has 1 saturated heterocycles. The molecule has 1 fully saturated rings. The summed E-state index contributed by atoms with van der Waals surface area (Å²) in [6, 6.07) is 8.26. The van der Waals surface area contributed by atoms with Gasteiger partial charge in [0.1, 0.15) is 0 Å². The Labute approximate surface area is 142 Å². The van der Waals surface area contributed by atoms with Crippen LogP contribution in [0.5, 0.6) is 0 Å². The van der Waals surface area contributed by atoms with E-state index in [2.05, 4.69) is 58.7 Å². The molecule has 24 heavy (non-hydrogen) atoms. The fraction of sp³-hybridized carbons (Fsp3) is 0.500. The van der Waals surface area contributed by atoms with Gasteiger partial charge in [0.05, 0.1) is 0 Å². The highest BCUT2D eigenvalue weighted by atomic mass is 16.2. The molecule has 0 saturated carbocycles. The molecule has 1 aromatic carbocycles. The van der Waals surface area contributed by atoms with Gasteiger partial charge in [-0.3, -0.25) is 15.2 Å². The Morgan fingerprint density at radius 1 is 1.17 bits per heavy atom. The zero-order valence-corrected chi connectivity index (χ0v) is 14.5. The molecule has 0 bridgehead atoms. The summed E-state index contributed by atoms with van der Waals surface area (Å²) >= 11 is 0. The van der Waals surface area contributed by atoms with Crippen molar-refractivity contribution in [1.82, 2.24) is 20.5 Å². The zero-order valence-electron chi connectivity index (χ0n) is 14.5. The van der Waals surface area contributed by atoms with Crippen LogP contribution in [0.2, 0.25) is 0 Å². The van der Waals surface area contributed by atoms with Gasteiger partial charge < -0.3 is 5.32 Å². The maximum absolute atomic E-state index is 12.2. The molecule has 0 spiro atoms. The highest BCUT2D eigenvalue weighted by Gasteiger charge is 2.22. The Kier molecular flexibility index (Phi) is 4.66.